The summed E-state index contributed by atoms with van der Waals surface area (Å²) in [6.07, 6.45) is 0.892. The number of carbonyl (C=O) groups excluding carboxylic acids is 4. The molecule has 0 unspecified atom stereocenters. The molecule has 4 aromatic rings. The number of imide groups is 1. The summed E-state index contributed by atoms with van der Waals surface area (Å²) in [6.45, 7) is 1.58. The Morgan fingerprint density at radius 2 is 1.29 bits per heavy atom. The number of esters is 1. The van der Waals surface area contributed by atoms with Crippen molar-refractivity contribution in [1.82, 2.24) is 0 Å². The number of benzene rings is 4. The Morgan fingerprint density at radius 1 is 0.738 bits per heavy atom. The van der Waals surface area contributed by atoms with Crippen LogP contribution in [0.4, 0.5) is 11.4 Å². The number of ether oxygens (including phenoxy) is 1. The van der Waals surface area contributed by atoms with Crippen LogP contribution in [0.25, 0.3) is 0 Å². The molecular weight excluding hydrogens is 528 g/mol. The highest BCUT2D eigenvalue weighted by molar-refractivity contribution is 6.23. The van der Waals surface area contributed by atoms with Crippen molar-refractivity contribution in [3.05, 3.63) is 130 Å². The van der Waals surface area contributed by atoms with Crippen LogP contribution in [0.15, 0.2) is 97.1 Å². The maximum Gasteiger partial charge on any atom is 0.338 e. The summed E-state index contributed by atoms with van der Waals surface area (Å²) in [4.78, 5) is 54.5. The van der Waals surface area contributed by atoms with Gasteiger partial charge in [-0.15, -0.1) is 0 Å². The molecule has 8 rings (SSSR count). The highest BCUT2D eigenvalue weighted by atomic mass is 16.5. The Bertz CT molecular complexity index is 1650. The molecule has 1 N–H and O–H groups in total. The van der Waals surface area contributed by atoms with Gasteiger partial charge in [-0.05, 0) is 64.6 Å². The smallest absolute Gasteiger partial charge is 0.338 e. The molecule has 1 saturated heterocycles. The van der Waals surface area contributed by atoms with Gasteiger partial charge in [0.2, 0.25) is 11.8 Å². The maximum atomic E-state index is 14.0. The second-order valence-corrected chi connectivity index (χ2v) is 11.0. The quantitative estimate of drug-likeness (QED) is 0.252. The lowest BCUT2D eigenvalue weighted by molar-refractivity contribution is -0.122. The minimum atomic E-state index is -0.718. The van der Waals surface area contributed by atoms with Crippen molar-refractivity contribution in [3.63, 3.8) is 0 Å². The Hall–Kier alpha value is -5.04. The van der Waals surface area contributed by atoms with Gasteiger partial charge < -0.3 is 10.1 Å². The van der Waals surface area contributed by atoms with Gasteiger partial charge in [0.15, 0.2) is 6.61 Å². The van der Waals surface area contributed by atoms with Crippen LogP contribution >= 0.6 is 0 Å². The van der Waals surface area contributed by atoms with E-state index >= 15 is 0 Å². The molecule has 4 aliphatic rings. The molecule has 2 bridgehead atoms. The molecule has 3 aliphatic carbocycles. The topological polar surface area (TPSA) is 92.8 Å². The fourth-order valence-electron chi connectivity index (χ4n) is 6.94. The molecule has 1 aliphatic heterocycles. The van der Waals surface area contributed by atoms with Gasteiger partial charge in [-0.3, -0.25) is 14.4 Å². The van der Waals surface area contributed by atoms with Crippen LogP contribution in [0, 0.1) is 11.8 Å². The van der Waals surface area contributed by atoms with E-state index in [9.17, 15) is 19.2 Å². The van der Waals surface area contributed by atoms with Gasteiger partial charge in [0, 0.05) is 17.5 Å². The molecule has 7 heteroatoms. The molecule has 7 nitrogen and oxygen atoms in total. The Morgan fingerprint density at radius 3 is 1.81 bits per heavy atom. The zero-order valence-corrected chi connectivity index (χ0v) is 22.9. The van der Waals surface area contributed by atoms with Crippen LogP contribution in [0.1, 0.15) is 56.9 Å². The molecule has 2 atom stereocenters. The molecule has 0 aromatic heterocycles. The van der Waals surface area contributed by atoms with Gasteiger partial charge in [0.1, 0.15) is 0 Å². The Labute approximate surface area is 243 Å². The third kappa shape index (κ3) is 4.04. The predicted octanol–water partition coefficient (Wildman–Crippen LogP) is 5.44. The van der Waals surface area contributed by atoms with Gasteiger partial charge >= 0.3 is 5.97 Å². The van der Waals surface area contributed by atoms with E-state index in [-0.39, 0.29) is 29.2 Å². The van der Waals surface area contributed by atoms with E-state index in [1.807, 2.05) is 43.3 Å². The summed E-state index contributed by atoms with van der Waals surface area (Å²) in [7, 11) is 0. The number of aryl methyl sites for hydroxylation is 1. The zero-order valence-electron chi connectivity index (χ0n) is 22.9. The second kappa shape index (κ2) is 10.1. The summed E-state index contributed by atoms with van der Waals surface area (Å²) in [6, 6.07) is 29.9. The van der Waals surface area contributed by atoms with E-state index in [0.717, 1.165) is 34.2 Å². The lowest BCUT2D eigenvalue weighted by atomic mass is 9.55. The number of carbonyl (C=O) groups is 4. The fraction of sp³-hybridized carbons (Fsp3) is 0.200. The number of nitrogens with one attached hydrogen (secondary N) is 1. The molecule has 0 radical (unpaired) electrons. The van der Waals surface area contributed by atoms with Crippen LogP contribution in [0.2, 0.25) is 0 Å². The SMILES string of the molecule is CCc1ccc(NC(=O)COC(=O)c2cccc(N3C(=O)[C@H]4C5c6ccccc6C(c6ccccc65)[C@@H]4C3=O)c2)cc1. The molecule has 42 heavy (non-hydrogen) atoms. The first-order chi connectivity index (χ1) is 20.5. The van der Waals surface area contributed by atoms with Crippen molar-refractivity contribution < 1.29 is 23.9 Å². The standard InChI is InChI=1S/C35H28N2O5/c1-2-20-14-16-22(17-15-20)36-28(38)19-42-35(41)21-8-7-9-23(18-21)37-33(39)31-29-24-10-3-4-11-25(24)30(32(31)34(37)40)27-13-6-5-12-26(27)29/h3-18,29-32H,2,19H2,1H3,(H,36,38)/t29?,30?,31-,32-/m0/s1. The number of nitrogens with zero attached hydrogens (tertiary/aromatic N) is 1. The largest absolute Gasteiger partial charge is 0.452 e. The number of hydrogen-bond donors (Lipinski definition) is 1. The zero-order chi connectivity index (χ0) is 29.0. The molecule has 1 fully saturated rings. The van der Waals surface area contributed by atoms with Crippen molar-refractivity contribution in [3.8, 4) is 0 Å². The van der Waals surface area contributed by atoms with Crippen LogP contribution in [0.5, 0.6) is 0 Å². The normalized spacial score (nSPS) is 21.4. The molecule has 0 spiro atoms. The van der Waals surface area contributed by atoms with E-state index in [4.69, 9.17) is 4.74 Å². The molecule has 208 valence electrons. The van der Waals surface area contributed by atoms with E-state index in [2.05, 4.69) is 29.6 Å². The molecular formula is C35H28N2O5. The lowest BCUT2D eigenvalue weighted by Crippen LogP contribution is -2.41. The third-order valence-corrected chi connectivity index (χ3v) is 8.77. The van der Waals surface area contributed by atoms with Crippen molar-refractivity contribution >= 4 is 35.1 Å². The first-order valence-electron chi connectivity index (χ1n) is 14.2. The molecule has 3 amide bonds. The van der Waals surface area contributed by atoms with Crippen LogP contribution in [0.3, 0.4) is 0 Å². The average molecular weight is 557 g/mol. The van der Waals surface area contributed by atoms with Gasteiger partial charge in [0.25, 0.3) is 5.91 Å². The number of anilines is 2. The van der Waals surface area contributed by atoms with Crippen molar-refractivity contribution in [1.29, 1.82) is 0 Å². The third-order valence-electron chi connectivity index (χ3n) is 8.77. The van der Waals surface area contributed by atoms with E-state index in [1.165, 1.54) is 11.0 Å². The van der Waals surface area contributed by atoms with E-state index in [1.54, 1.807) is 30.3 Å². The van der Waals surface area contributed by atoms with Gasteiger partial charge in [-0.25, -0.2) is 9.69 Å². The first kappa shape index (κ1) is 25.9. The summed E-state index contributed by atoms with van der Waals surface area (Å²) in [5.74, 6) is -3.16. The first-order valence-corrected chi connectivity index (χ1v) is 14.2. The summed E-state index contributed by atoms with van der Waals surface area (Å²) >= 11 is 0. The summed E-state index contributed by atoms with van der Waals surface area (Å²) in [5, 5.41) is 2.71. The maximum absolute atomic E-state index is 14.0. The molecule has 1 heterocycles. The fourth-order valence-corrected chi connectivity index (χ4v) is 6.94. The monoisotopic (exact) mass is 556 g/mol. The minimum Gasteiger partial charge on any atom is -0.452 e. The predicted molar refractivity (Wildman–Crippen MR) is 157 cm³/mol. The number of rotatable bonds is 6. The number of amides is 3. The highest BCUT2D eigenvalue weighted by Gasteiger charge is 2.61. The van der Waals surface area contributed by atoms with E-state index < -0.39 is 30.3 Å². The Balaban J connectivity index is 1.11. The highest BCUT2D eigenvalue weighted by Crippen LogP contribution is 2.61. The Kier molecular flexibility index (Phi) is 6.23. The van der Waals surface area contributed by atoms with Crippen molar-refractivity contribution in [2.75, 3.05) is 16.8 Å². The summed E-state index contributed by atoms with van der Waals surface area (Å²) < 4.78 is 5.26. The summed E-state index contributed by atoms with van der Waals surface area (Å²) in [5.41, 5.74) is 6.63. The van der Waals surface area contributed by atoms with E-state index in [0.29, 0.717) is 11.4 Å². The average Bonchev–Trinajstić information content (AvgIpc) is 3.30. The molecule has 0 saturated carbocycles. The van der Waals surface area contributed by atoms with Gasteiger partial charge in [-0.1, -0.05) is 73.7 Å². The minimum absolute atomic E-state index is 0.151. The number of hydrogen-bond acceptors (Lipinski definition) is 5. The van der Waals surface area contributed by atoms with Crippen LogP contribution in [-0.2, 0) is 25.5 Å². The van der Waals surface area contributed by atoms with Crippen LogP contribution in [-0.4, -0.2) is 30.3 Å². The van der Waals surface area contributed by atoms with Crippen LogP contribution < -0.4 is 10.2 Å². The molecule has 4 aromatic carbocycles. The van der Waals surface area contributed by atoms with Crippen molar-refractivity contribution in [2.45, 2.75) is 25.2 Å². The van der Waals surface area contributed by atoms with Gasteiger partial charge in [-0.2, -0.15) is 0 Å². The van der Waals surface area contributed by atoms with Crippen molar-refractivity contribution in [2.24, 2.45) is 11.8 Å². The lowest BCUT2D eigenvalue weighted by Gasteiger charge is -2.45. The second-order valence-electron chi connectivity index (χ2n) is 11.0. The van der Waals surface area contributed by atoms with Gasteiger partial charge in [0.05, 0.1) is 23.1 Å².